The Morgan fingerprint density at radius 3 is 2.07 bits per heavy atom. The van der Waals surface area contributed by atoms with Crippen molar-refractivity contribution in [1.82, 2.24) is 0 Å². The predicted molar refractivity (Wildman–Crippen MR) is 88.9 cm³/mol. The summed E-state index contributed by atoms with van der Waals surface area (Å²) in [6.45, 7) is 3.43. The van der Waals surface area contributed by atoms with E-state index in [0.29, 0.717) is 5.56 Å². The lowest BCUT2D eigenvalue weighted by atomic mass is 10.1. The van der Waals surface area contributed by atoms with Gasteiger partial charge < -0.3 is 4.74 Å². The Balaban J connectivity index is 2.34. The van der Waals surface area contributed by atoms with Gasteiger partial charge in [0.25, 0.3) is 6.10 Å². The second-order valence-corrected chi connectivity index (χ2v) is 7.08. The smallest absolute Gasteiger partial charge is 0.436 e. The lowest BCUT2D eigenvalue weighted by molar-refractivity contribution is -0.856. The van der Waals surface area contributed by atoms with Crippen molar-refractivity contribution in [3.8, 4) is 0 Å². The minimum atomic E-state index is -6.21. The second-order valence-electron chi connectivity index (χ2n) is 5.48. The van der Waals surface area contributed by atoms with Crippen LogP contribution in [0.5, 0.6) is 0 Å². The fourth-order valence-electron chi connectivity index (χ4n) is 1.98. The van der Waals surface area contributed by atoms with Crippen LogP contribution in [0.25, 0.3) is 6.08 Å². The highest BCUT2D eigenvalue weighted by atomic mass is 32.2. The maximum Gasteiger partial charge on any atom is 0.436 e. The number of hydrogen-bond acceptors (Lipinski definition) is 5. The molecule has 0 radical (unpaired) electrons. The van der Waals surface area contributed by atoms with Crippen LogP contribution in [0.1, 0.15) is 15.9 Å². The molecule has 1 atom stereocenters. The average molecular weight is 438 g/mol. The topological polar surface area (TPSA) is 73.5 Å². The van der Waals surface area contributed by atoms with Gasteiger partial charge in [-0.15, -0.1) is 4.28 Å². The van der Waals surface area contributed by atoms with Crippen LogP contribution in [0.15, 0.2) is 61.4 Å². The van der Waals surface area contributed by atoms with Crippen LogP contribution in [0, 0.1) is 0 Å². The van der Waals surface area contributed by atoms with E-state index in [1.165, 1.54) is 36.4 Å². The van der Waals surface area contributed by atoms with E-state index in [1.807, 2.05) is 0 Å². The summed E-state index contributed by atoms with van der Waals surface area (Å²) in [4.78, 5) is 11.9. The van der Waals surface area contributed by atoms with Gasteiger partial charge >= 0.3 is 27.5 Å². The maximum absolute atomic E-state index is 14.3. The Morgan fingerprint density at radius 1 is 1.03 bits per heavy atom. The van der Waals surface area contributed by atoms with Crippen molar-refractivity contribution < 1.29 is 48.9 Å². The fourth-order valence-corrected chi connectivity index (χ4v) is 2.85. The summed E-state index contributed by atoms with van der Waals surface area (Å²) in [5.74, 6) is -1.80. The number of esters is 1. The molecule has 0 bridgehead atoms. The predicted octanol–water partition coefficient (Wildman–Crippen LogP) is 2.76. The summed E-state index contributed by atoms with van der Waals surface area (Å²) >= 11 is 0. The second kappa shape index (κ2) is 8.15. The zero-order valence-corrected chi connectivity index (χ0v) is 15.2. The first-order valence-corrected chi connectivity index (χ1v) is 9.08. The molecule has 0 fully saturated rings. The average Bonchev–Trinajstić information content (AvgIpc) is 2.65. The minimum Gasteiger partial charge on any atom is -0.441 e. The summed E-state index contributed by atoms with van der Waals surface area (Å²) in [7, 11) is -6.21. The molecule has 6 nitrogen and oxygen atoms in total. The number of benzene rings is 1. The Morgan fingerprint density at radius 2 is 1.59 bits per heavy atom. The Hall–Kier alpha value is -3.02. The third kappa shape index (κ3) is 5.08. The van der Waals surface area contributed by atoms with Crippen molar-refractivity contribution >= 4 is 22.2 Å². The maximum atomic E-state index is 14.3. The van der Waals surface area contributed by atoms with Gasteiger partial charge in [-0.05, 0) is 17.7 Å². The lowest BCUT2D eigenvalue weighted by Crippen LogP contribution is -2.58. The molecule has 1 unspecified atom stereocenters. The van der Waals surface area contributed by atoms with Gasteiger partial charge in [0.2, 0.25) is 12.4 Å². The van der Waals surface area contributed by atoms with E-state index in [9.17, 15) is 35.2 Å². The number of pyridine rings is 1. The molecule has 0 saturated carbocycles. The van der Waals surface area contributed by atoms with Gasteiger partial charge in [0, 0.05) is 16.9 Å². The molecule has 1 heterocycles. The van der Waals surface area contributed by atoms with Gasteiger partial charge in [-0.1, -0.05) is 30.9 Å². The van der Waals surface area contributed by atoms with E-state index in [4.69, 9.17) is 0 Å². The summed E-state index contributed by atoms with van der Waals surface area (Å²) < 4.78 is 99.9. The molecule has 156 valence electrons. The molecule has 0 N–H and O–H groups in total. The molecule has 0 aliphatic carbocycles. The van der Waals surface area contributed by atoms with Gasteiger partial charge in [0.15, 0.2) is 0 Å². The molecule has 0 saturated heterocycles. The lowest BCUT2D eigenvalue weighted by Gasteiger charge is -2.26. The number of carbonyl (C=O) groups is 1. The van der Waals surface area contributed by atoms with E-state index < -0.39 is 39.2 Å². The first kappa shape index (κ1) is 22.3. The van der Waals surface area contributed by atoms with Gasteiger partial charge in [-0.3, -0.25) is 0 Å². The van der Waals surface area contributed by atoms with E-state index in [2.05, 4.69) is 15.6 Å². The van der Waals surface area contributed by atoms with Gasteiger partial charge in [-0.2, -0.15) is 30.4 Å². The van der Waals surface area contributed by atoms with Crippen molar-refractivity contribution in [3.05, 3.63) is 72.6 Å². The first-order valence-electron chi connectivity index (χ1n) is 7.67. The molecule has 0 spiro atoms. The number of aromatic nitrogens is 1. The number of ether oxygens (including phenoxy) is 1. The Bertz CT molecular complexity index is 976. The zero-order valence-electron chi connectivity index (χ0n) is 14.3. The summed E-state index contributed by atoms with van der Waals surface area (Å²) in [6.07, 6.45) is -7.13. The highest BCUT2D eigenvalue weighted by molar-refractivity contribution is 7.87. The molecular formula is C17H13F5NO5S+. The van der Waals surface area contributed by atoms with Crippen LogP contribution in [0.2, 0.25) is 0 Å². The number of hydrogen-bond donors (Lipinski definition) is 0. The van der Waals surface area contributed by atoms with E-state index >= 15 is 0 Å². The highest BCUT2D eigenvalue weighted by Gasteiger charge is 2.69. The van der Waals surface area contributed by atoms with Crippen LogP contribution >= 0.6 is 0 Å². The largest absolute Gasteiger partial charge is 0.441 e. The van der Waals surface area contributed by atoms with E-state index in [1.54, 1.807) is 0 Å². The van der Waals surface area contributed by atoms with Crippen molar-refractivity contribution in [2.75, 3.05) is 0 Å². The highest BCUT2D eigenvalue weighted by Crippen LogP contribution is 2.38. The number of halogens is 5. The van der Waals surface area contributed by atoms with Crippen LogP contribution < -0.4 is 9.01 Å². The molecule has 0 aliphatic rings. The van der Waals surface area contributed by atoms with Crippen molar-refractivity contribution in [2.24, 2.45) is 0 Å². The summed E-state index contributed by atoms with van der Waals surface area (Å²) in [5, 5.41) is -5.65. The third-order valence-electron chi connectivity index (χ3n) is 3.42. The third-order valence-corrected chi connectivity index (χ3v) is 4.66. The molecule has 0 amide bonds. The number of nitrogens with zero attached hydrogens (tertiary/aromatic N) is 1. The molecular weight excluding hydrogens is 425 g/mol. The molecule has 1 aromatic carbocycles. The molecule has 2 aromatic rings. The van der Waals surface area contributed by atoms with Gasteiger partial charge in [-0.25, -0.2) is 4.79 Å². The summed E-state index contributed by atoms with van der Waals surface area (Å²) in [5.41, 5.74) is -0.00786. The number of carbonyl (C=O) groups excluding carboxylic acids is 1. The first-order chi connectivity index (χ1) is 13.4. The molecule has 29 heavy (non-hydrogen) atoms. The quantitative estimate of drug-likeness (QED) is 0.378. The van der Waals surface area contributed by atoms with Crippen LogP contribution in [0.4, 0.5) is 22.0 Å². The van der Waals surface area contributed by atoms with Crippen LogP contribution in [0.3, 0.4) is 0 Å². The minimum absolute atomic E-state index is 0.256. The van der Waals surface area contributed by atoms with Crippen LogP contribution in [-0.4, -0.2) is 31.9 Å². The number of alkyl halides is 5. The normalized spacial score (nSPS) is 13.4. The van der Waals surface area contributed by atoms with Crippen molar-refractivity contribution in [1.29, 1.82) is 0 Å². The monoisotopic (exact) mass is 438 g/mol. The molecule has 0 aliphatic heterocycles. The Kier molecular flexibility index (Phi) is 6.26. The van der Waals surface area contributed by atoms with Gasteiger partial charge in [0.1, 0.15) is 0 Å². The summed E-state index contributed by atoms with van der Waals surface area (Å²) in [6, 6.07) is 8.31. The van der Waals surface area contributed by atoms with Crippen molar-refractivity contribution in [3.63, 3.8) is 0 Å². The fraction of sp³-hybridized carbons (Fsp3) is 0.176. The molecule has 2 rings (SSSR count). The Labute approximate surface area is 161 Å². The van der Waals surface area contributed by atoms with E-state index in [-0.39, 0.29) is 4.73 Å². The molecule has 12 heteroatoms. The number of rotatable bonds is 7. The SMILES string of the molecule is C=Cc1ccc(C(=O)OC(C(F)(F)F)C(F)(F)S(=O)(=O)O[n+]2ccccc2)cc1. The van der Waals surface area contributed by atoms with E-state index in [0.717, 1.165) is 24.5 Å². The molecule has 1 aromatic heterocycles. The zero-order chi connectivity index (χ0) is 21.9. The van der Waals surface area contributed by atoms with Crippen molar-refractivity contribution in [2.45, 2.75) is 17.5 Å². The standard InChI is InChI=1S/C17H13F5NO5S/c1-2-12-6-8-13(9-7-12)14(24)27-15(16(18,19)20)17(21,22)29(25,26)28-23-10-4-3-5-11-23/h2-11,15H,1H2/q+1. The van der Waals surface area contributed by atoms with Gasteiger partial charge in [0.05, 0.1) is 5.56 Å². The van der Waals surface area contributed by atoms with Crippen LogP contribution in [-0.2, 0) is 14.9 Å².